The summed E-state index contributed by atoms with van der Waals surface area (Å²) in [4.78, 5) is 10.2. The highest BCUT2D eigenvalue weighted by Crippen LogP contribution is 2.41. The Bertz CT molecular complexity index is 1330. The molecule has 1 unspecified atom stereocenters. The normalized spacial score (nSPS) is 28.1. The summed E-state index contributed by atoms with van der Waals surface area (Å²) in [5, 5.41) is 31.8. The number of nitrogens with zero attached hydrogens (tertiary/aromatic N) is 3. The highest BCUT2D eigenvalue weighted by atomic mass is 32.2. The predicted molar refractivity (Wildman–Crippen MR) is 140 cm³/mol. The first kappa shape index (κ1) is 26.7. The molecule has 202 valence electrons. The summed E-state index contributed by atoms with van der Waals surface area (Å²) in [6.07, 6.45) is 4.44. The third-order valence-corrected chi connectivity index (χ3v) is 8.65. The van der Waals surface area contributed by atoms with E-state index in [0.29, 0.717) is 13.1 Å². The van der Waals surface area contributed by atoms with Crippen LogP contribution in [0.4, 0.5) is 0 Å². The Morgan fingerprint density at radius 1 is 1.00 bits per heavy atom. The first-order valence-electron chi connectivity index (χ1n) is 12.6. The van der Waals surface area contributed by atoms with Crippen LogP contribution in [0.3, 0.4) is 0 Å². The lowest BCUT2D eigenvalue weighted by molar-refractivity contribution is 0.0427. The van der Waals surface area contributed by atoms with Crippen LogP contribution in [-0.2, 0) is 16.6 Å². The summed E-state index contributed by atoms with van der Waals surface area (Å²) in [5.41, 5.74) is 1.83. The quantitative estimate of drug-likeness (QED) is 0.385. The van der Waals surface area contributed by atoms with Gasteiger partial charge in [-0.1, -0.05) is 12.1 Å². The van der Waals surface area contributed by atoms with Crippen molar-refractivity contribution >= 4 is 10.0 Å². The molecule has 3 aromatic rings. The molecule has 1 aliphatic heterocycles. The van der Waals surface area contributed by atoms with Crippen molar-refractivity contribution in [3.05, 3.63) is 72.8 Å². The number of aliphatic hydroxyl groups is 3. The van der Waals surface area contributed by atoms with Crippen molar-refractivity contribution in [2.75, 3.05) is 26.2 Å². The molecule has 0 radical (unpaired) electrons. The second-order valence-electron chi connectivity index (χ2n) is 10.3. The van der Waals surface area contributed by atoms with Crippen molar-refractivity contribution in [2.45, 2.75) is 42.6 Å². The van der Waals surface area contributed by atoms with Crippen molar-refractivity contribution in [1.29, 1.82) is 0 Å². The number of fused-ring (bicyclic) bond motifs is 1. The summed E-state index contributed by atoms with van der Waals surface area (Å²) in [5.74, 6) is 0.157. The van der Waals surface area contributed by atoms with Gasteiger partial charge in [-0.3, -0.25) is 14.9 Å². The molecule has 2 aromatic heterocycles. The standard InChI is InChI=1S/C27H32N4O6S/c32-22-14-30-38(35,36)26-4-3-20(21-2-1-7-29-13-21)10-25(26)37-18-27(11-23(33)24(34)12-27)17-31(16-22)15-19-5-8-28-9-6-19/h1-10,13,22-24,30,32-34H,11-12,14-18H2/t22-,23-,24+,27?/m0/s1. The SMILES string of the molecule is O=S1(=O)NC[C@H](O)CN(Cc2ccncc2)CC2(COc3cc(-c4cccnc4)ccc31)C[C@@H](O)[C@@H](O)C2. The van der Waals surface area contributed by atoms with Gasteiger partial charge in [0.05, 0.1) is 24.9 Å². The first-order valence-corrected chi connectivity index (χ1v) is 14.0. The minimum absolute atomic E-state index is 0.0409. The highest BCUT2D eigenvalue weighted by molar-refractivity contribution is 7.89. The lowest BCUT2D eigenvalue weighted by atomic mass is 9.85. The van der Waals surface area contributed by atoms with Crippen LogP contribution in [-0.4, -0.2) is 83.2 Å². The average Bonchev–Trinajstić information content (AvgIpc) is 3.19. The van der Waals surface area contributed by atoms with Crippen molar-refractivity contribution < 1.29 is 28.5 Å². The van der Waals surface area contributed by atoms with E-state index >= 15 is 0 Å². The molecular weight excluding hydrogens is 508 g/mol. The number of ether oxygens (including phenoxy) is 1. The van der Waals surface area contributed by atoms with Crippen LogP contribution in [0.1, 0.15) is 18.4 Å². The van der Waals surface area contributed by atoms with Crippen LogP contribution in [0.15, 0.2) is 72.1 Å². The number of nitrogens with one attached hydrogen (secondary N) is 1. The Balaban J connectivity index is 1.53. The zero-order chi connectivity index (χ0) is 26.8. The van der Waals surface area contributed by atoms with E-state index in [0.717, 1.165) is 16.7 Å². The first-order chi connectivity index (χ1) is 18.2. The van der Waals surface area contributed by atoms with E-state index in [9.17, 15) is 23.7 Å². The number of rotatable bonds is 3. The van der Waals surface area contributed by atoms with Gasteiger partial charge in [0.25, 0.3) is 0 Å². The van der Waals surface area contributed by atoms with Gasteiger partial charge in [-0.15, -0.1) is 0 Å². The van der Waals surface area contributed by atoms with Crippen LogP contribution < -0.4 is 9.46 Å². The Morgan fingerprint density at radius 2 is 1.76 bits per heavy atom. The number of pyridine rings is 2. The molecular formula is C27H32N4O6S. The third kappa shape index (κ3) is 6.04. The van der Waals surface area contributed by atoms with Crippen LogP contribution in [0.25, 0.3) is 11.1 Å². The van der Waals surface area contributed by atoms with Gasteiger partial charge in [0, 0.05) is 61.9 Å². The fourth-order valence-corrected chi connectivity index (χ4v) is 6.57. The fraction of sp³-hybridized carbons (Fsp3) is 0.407. The Morgan fingerprint density at radius 3 is 2.47 bits per heavy atom. The average molecular weight is 541 g/mol. The van der Waals surface area contributed by atoms with Gasteiger partial charge in [-0.05, 0) is 54.3 Å². The van der Waals surface area contributed by atoms with Gasteiger partial charge in [0.15, 0.2) is 0 Å². The molecule has 4 atom stereocenters. The largest absolute Gasteiger partial charge is 0.492 e. The van der Waals surface area contributed by atoms with Crippen molar-refractivity contribution in [3.8, 4) is 16.9 Å². The van der Waals surface area contributed by atoms with E-state index in [1.807, 2.05) is 23.1 Å². The molecule has 38 heavy (non-hydrogen) atoms. The Labute approximate surface area is 222 Å². The Hall–Kier alpha value is -2.93. The Kier molecular flexibility index (Phi) is 7.75. The zero-order valence-electron chi connectivity index (χ0n) is 20.8. The molecule has 10 nitrogen and oxygen atoms in total. The van der Waals surface area contributed by atoms with Crippen molar-refractivity contribution in [2.24, 2.45) is 5.41 Å². The maximum Gasteiger partial charge on any atom is 0.244 e. The lowest BCUT2D eigenvalue weighted by Gasteiger charge is -2.37. The molecule has 0 saturated heterocycles. The van der Waals surface area contributed by atoms with Gasteiger partial charge in [-0.2, -0.15) is 0 Å². The van der Waals surface area contributed by atoms with E-state index in [1.165, 1.54) is 6.07 Å². The maximum absolute atomic E-state index is 13.3. The van der Waals surface area contributed by atoms with E-state index in [4.69, 9.17) is 4.74 Å². The molecule has 5 rings (SSSR count). The molecule has 1 aliphatic carbocycles. The molecule has 0 bridgehead atoms. The molecule has 11 heteroatoms. The summed E-state index contributed by atoms with van der Waals surface area (Å²) in [6, 6.07) is 12.3. The minimum atomic E-state index is -4.01. The van der Waals surface area contributed by atoms with Crippen molar-refractivity contribution in [1.82, 2.24) is 19.6 Å². The number of sulfonamides is 1. The molecule has 3 heterocycles. The number of aromatic nitrogens is 2. The number of aliphatic hydroxyl groups excluding tert-OH is 3. The highest BCUT2D eigenvalue weighted by Gasteiger charge is 2.46. The van der Waals surface area contributed by atoms with Gasteiger partial charge >= 0.3 is 0 Å². The zero-order valence-corrected chi connectivity index (χ0v) is 21.7. The topological polar surface area (TPSA) is 145 Å². The molecule has 4 N–H and O–H groups in total. The predicted octanol–water partition coefficient (Wildman–Crippen LogP) is 1.18. The van der Waals surface area contributed by atoms with Gasteiger partial charge in [0.2, 0.25) is 10.0 Å². The molecule has 0 amide bonds. The summed E-state index contributed by atoms with van der Waals surface area (Å²) in [7, 11) is -4.01. The summed E-state index contributed by atoms with van der Waals surface area (Å²) in [6.45, 7) is 0.971. The minimum Gasteiger partial charge on any atom is -0.492 e. The summed E-state index contributed by atoms with van der Waals surface area (Å²) < 4.78 is 35.3. The molecule has 2 aliphatic rings. The number of benzene rings is 1. The lowest BCUT2D eigenvalue weighted by Crippen LogP contribution is -2.46. The monoisotopic (exact) mass is 540 g/mol. The smallest absolute Gasteiger partial charge is 0.244 e. The van der Waals surface area contributed by atoms with E-state index < -0.39 is 33.8 Å². The maximum atomic E-state index is 13.3. The van der Waals surface area contributed by atoms with Gasteiger partial charge in [0.1, 0.15) is 10.6 Å². The van der Waals surface area contributed by atoms with Crippen LogP contribution in [0.2, 0.25) is 0 Å². The second kappa shape index (κ2) is 11.0. The second-order valence-corrected chi connectivity index (χ2v) is 12.0. The number of β-amino-alcohol motifs (C(OH)–C–C–N with tert-alkyl or cyclic N) is 1. The van der Waals surface area contributed by atoms with Crippen molar-refractivity contribution in [3.63, 3.8) is 0 Å². The van der Waals surface area contributed by atoms with E-state index in [2.05, 4.69) is 14.7 Å². The van der Waals surface area contributed by atoms with Crippen LogP contribution in [0.5, 0.6) is 5.75 Å². The number of hydrogen-bond acceptors (Lipinski definition) is 9. The van der Waals surface area contributed by atoms with E-state index in [-0.39, 0.29) is 43.2 Å². The van der Waals surface area contributed by atoms with E-state index in [1.54, 1.807) is 43.0 Å². The number of hydrogen-bond donors (Lipinski definition) is 4. The molecule has 1 fully saturated rings. The van der Waals surface area contributed by atoms with Gasteiger partial charge in [-0.25, -0.2) is 13.1 Å². The molecule has 1 spiro atoms. The molecule has 1 saturated carbocycles. The summed E-state index contributed by atoms with van der Waals surface area (Å²) >= 11 is 0. The third-order valence-electron chi connectivity index (χ3n) is 7.18. The van der Waals surface area contributed by atoms with Gasteiger partial charge < -0.3 is 20.1 Å². The molecule has 1 aromatic carbocycles. The fourth-order valence-electron chi connectivity index (χ4n) is 5.37. The van der Waals surface area contributed by atoms with Crippen LogP contribution >= 0.6 is 0 Å². The van der Waals surface area contributed by atoms with Crippen LogP contribution in [0, 0.1) is 5.41 Å².